The highest BCUT2D eigenvalue weighted by molar-refractivity contribution is 5.92. The average Bonchev–Trinajstić information content (AvgIpc) is 2.84. The number of rotatable bonds is 2. The Hall–Kier alpha value is -2.44. The van der Waals surface area contributed by atoms with E-state index in [0.29, 0.717) is 18.8 Å². The van der Waals surface area contributed by atoms with Gasteiger partial charge in [0.05, 0.1) is 5.69 Å². The summed E-state index contributed by atoms with van der Waals surface area (Å²) in [6, 6.07) is 1.62. The predicted molar refractivity (Wildman–Crippen MR) is 85.4 cm³/mol. The van der Waals surface area contributed by atoms with Crippen LogP contribution in [0.15, 0.2) is 17.1 Å². The van der Waals surface area contributed by atoms with Crippen LogP contribution in [0.2, 0.25) is 0 Å². The molecule has 0 saturated carbocycles. The third-order valence-electron chi connectivity index (χ3n) is 4.20. The van der Waals surface area contributed by atoms with Gasteiger partial charge in [0.15, 0.2) is 0 Å². The lowest BCUT2D eigenvalue weighted by atomic mass is 9.97. The number of amides is 1. The normalized spacial score (nSPS) is 18.2. The first-order chi connectivity index (χ1) is 10.9. The lowest BCUT2D eigenvalue weighted by Gasteiger charge is -2.32. The first-order valence-corrected chi connectivity index (χ1v) is 7.81. The van der Waals surface area contributed by atoms with Crippen molar-refractivity contribution in [3.63, 3.8) is 0 Å². The standard InChI is InChI=1S/C16H21N5O2/c1-10-7-13(19-16(23)18-10)15(22)21-6-4-5-12(9-21)14-17-11(2)8-20(14)3/h7-8,12H,4-6,9H2,1-3H3,(H,18,19,23)/t12-/m1/s1. The van der Waals surface area contributed by atoms with Gasteiger partial charge in [0, 0.05) is 37.9 Å². The molecule has 1 fully saturated rings. The van der Waals surface area contributed by atoms with Gasteiger partial charge in [-0.25, -0.2) is 9.78 Å². The van der Waals surface area contributed by atoms with Gasteiger partial charge in [0.2, 0.25) is 0 Å². The Labute approximate surface area is 134 Å². The van der Waals surface area contributed by atoms with Gasteiger partial charge in [-0.05, 0) is 32.8 Å². The first kappa shape index (κ1) is 15.5. The zero-order valence-corrected chi connectivity index (χ0v) is 13.7. The molecule has 0 bridgehead atoms. The number of hydrogen-bond acceptors (Lipinski definition) is 4. The van der Waals surface area contributed by atoms with E-state index < -0.39 is 5.69 Å². The molecule has 1 amide bonds. The summed E-state index contributed by atoms with van der Waals surface area (Å²) in [6.07, 6.45) is 3.93. The van der Waals surface area contributed by atoms with Crippen molar-refractivity contribution in [1.29, 1.82) is 0 Å². The molecule has 2 aromatic heterocycles. The van der Waals surface area contributed by atoms with E-state index in [-0.39, 0.29) is 17.5 Å². The lowest BCUT2D eigenvalue weighted by molar-refractivity contribution is 0.0697. The van der Waals surface area contributed by atoms with Crippen molar-refractivity contribution in [2.45, 2.75) is 32.6 Å². The van der Waals surface area contributed by atoms with E-state index in [9.17, 15) is 9.59 Å². The van der Waals surface area contributed by atoms with Crippen LogP contribution in [0, 0.1) is 13.8 Å². The number of carbonyl (C=O) groups excluding carboxylic acids is 1. The first-order valence-electron chi connectivity index (χ1n) is 7.81. The Balaban J connectivity index is 1.82. The Bertz CT molecular complexity index is 792. The second kappa shape index (κ2) is 5.98. The van der Waals surface area contributed by atoms with Crippen LogP contribution in [0.4, 0.5) is 0 Å². The van der Waals surface area contributed by atoms with Crippen molar-refractivity contribution in [1.82, 2.24) is 24.4 Å². The van der Waals surface area contributed by atoms with Crippen LogP contribution in [0.3, 0.4) is 0 Å². The molecule has 7 heteroatoms. The second-order valence-corrected chi connectivity index (χ2v) is 6.20. The molecule has 0 spiro atoms. The maximum atomic E-state index is 12.7. The van der Waals surface area contributed by atoms with Gasteiger partial charge >= 0.3 is 5.69 Å². The molecule has 1 saturated heterocycles. The molecule has 3 heterocycles. The van der Waals surface area contributed by atoms with E-state index in [1.807, 2.05) is 24.7 Å². The molecule has 0 radical (unpaired) electrons. The SMILES string of the molecule is Cc1cn(C)c([C@@H]2CCCN(C(=O)c3cc(C)[nH]c(=O)n3)C2)n1. The summed E-state index contributed by atoms with van der Waals surface area (Å²) >= 11 is 0. The summed E-state index contributed by atoms with van der Waals surface area (Å²) in [5.74, 6) is 1.04. The number of aromatic nitrogens is 4. The van der Waals surface area contributed by atoms with Gasteiger partial charge < -0.3 is 14.5 Å². The Morgan fingerprint density at radius 2 is 2.13 bits per heavy atom. The quantitative estimate of drug-likeness (QED) is 0.901. The van der Waals surface area contributed by atoms with Crippen molar-refractivity contribution >= 4 is 5.91 Å². The van der Waals surface area contributed by atoms with Crippen molar-refractivity contribution in [3.05, 3.63) is 45.7 Å². The van der Waals surface area contributed by atoms with Gasteiger partial charge in [-0.1, -0.05) is 0 Å². The molecule has 1 atom stereocenters. The van der Waals surface area contributed by atoms with Gasteiger partial charge in [-0.15, -0.1) is 0 Å². The van der Waals surface area contributed by atoms with Gasteiger partial charge in [0.25, 0.3) is 5.91 Å². The number of likely N-dealkylation sites (tertiary alicyclic amines) is 1. The van der Waals surface area contributed by atoms with Crippen LogP contribution in [0.1, 0.15) is 46.5 Å². The number of hydrogen-bond donors (Lipinski definition) is 1. The van der Waals surface area contributed by atoms with Crippen LogP contribution >= 0.6 is 0 Å². The Morgan fingerprint density at radius 3 is 2.78 bits per heavy atom. The molecule has 7 nitrogen and oxygen atoms in total. The molecule has 2 aromatic rings. The number of nitrogens with one attached hydrogen (secondary N) is 1. The summed E-state index contributed by atoms with van der Waals surface area (Å²) in [5.41, 5.74) is 1.35. The molecule has 1 N–H and O–H groups in total. The summed E-state index contributed by atoms with van der Waals surface area (Å²) in [7, 11) is 1.98. The van der Waals surface area contributed by atoms with Gasteiger partial charge in [0.1, 0.15) is 11.5 Å². The highest BCUT2D eigenvalue weighted by atomic mass is 16.2. The number of piperidine rings is 1. The van der Waals surface area contributed by atoms with Gasteiger partial charge in [-0.3, -0.25) is 4.79 Å². The number of imidazole rings is 1. The smallest absolute Gasteiger partial charge is 0.337 e. The molecule has 3 rings (SSSR count). The molecule has 0 aliphatic carbocycles. The lowest BCUT2D eigenvalue weighted by Crippen LogP contribution is -2.40. The third-order valence-corrected chi connectivity index (χ3v) is 4.20. The average molecular weight is 315 g/mol. The molecule has 0 unspecified atom stereocenters. The van der Waals surface area contributed by atoms with E-state index in [1.165, 1.54) is 0 Å². The summed E-state index contributed by atoms with van der Waals surface area (Å²) in [5, 5.41) is 0. The van der Waals surface area contributed by atoms with E-state index in [1.54, 1.807) is 17.9 Å². The number of nitrogens with zero attached hydrogens (tertiary/aromatic N) is 4. The zero-order valence-electron chi connectivity index (χ0n) is 13.7. The molecular weight excluding hydrogens is 294 g/mol. The molecule has 1 aliphatic heterocycles. The third kappa shape index (κ3) is 3.18. The summed E-state index contributed by atoms with van der Waals surface area (Å²) in [4.78, 5) is 36.9. The molecular formula is C16H21N5O2. The van der Waals surface area contributed by atoms with E-state index in [2.05, 4.69) is 15.0 Å². The monoisotopic (exact) mass is 315 g/mol. The largest absolute Gasteiger partial charge is 0.345 e. The van der Waals surface area contributed by atoms with E-state index >= 15 is 0 Å². The maximum absolute atomic E-state index is 12.7. The van der Waals surface area contributed by atoms with Crippen LogP contribution in [0.25, 0.3) is 0 Å². The molecule has 23 heavy (non-hydrogen) atoms. The fourth-order valence-electron chi connectivity index (χ4n) is 3.24. The van der Waals surface area contributed by atoms with Crippen LogP contribution in [-0.2, 0) is 7.05 Å². The highest BCUT2D eigenvalue weighted by Crippen LogP contribution is 2.26. The molecule has 0 aromatic carbocycles. The van der Waals surface area contributed by atoms with E-state index in [4.69, 9.17) is 0 Å². The summed E-state index contributed by atoms with van der Waals surface area (Å²) in [6.45, 7) is 5.01. The zero-order chi connectivity index (χ0) is 16.6. The second-order valence-electron chi connectivity index (χ2n) is 6.20. The fourth-order valence-corrected chi connectivity index (χ4v) is 3.24. The summed E-state index contributed by atoms with van der Waals surface area (Å²) < 4.78 is 2.03. The minimum absolute atomic E-state index is 0.185. The van der Waals surface area contributed by atoms with Crippen LogP contribution in [-0.4, -0.2) is 43.4 Å². The van der Waals surface area contributed by atoms with Crippen LogP contribution in [0.5, 0.6) is 0 Å². The number of aromatic amines is 1. The number of carbonyl (C=O) groups is 1. The highest BCUT2D eigenvalue weighted by Gasteiger charge is 2.28. The van der Waals surface area contributed by atoms with Crippen molar-refractivity contribution in [2.75, 3.05) is 13.1 Å². The minimum Gasteiger partial charge on any atom is -0.337 e. The predicted octanol–water partition coefficient (Wildman–Crippen LogP) is 1.14. The Kier molecular flexibility index (Phi) is 4.02. The van der Waals surface area contributed by atoms with Crippen molar-refractivity contribution in [3.8, 4) is 0 Å². The Morgan fingerprint density at radius 1 is 1.35 bits per heavy atom. The topological polar surface area (TPSA) is 83.9 Å². The van der Waals surface area contributed by atoms with E-state index in [0.717, 1.165) is 24.4 Å². The fraction of sp³-hybridized carbons (Fsp3) is 0.500. The van der Waals surface area contributed by atoms with Crippen molar-refractivity contribution < 1.29 is 4.79 Å². The van der Waals surface area contributed by atoms with Gasteiger partial charge in [-0.2, -0.15) is 4.98 Å². The van der Waals surface area contributed by atoms with Crippen LogP contribution < -0.4 is 5.69 Å². The molecule has 1 aliphatic rings. The number of H-pyrrole nitrogens is 1. The van der Waals surface area contributed by atoms with Crippen molar-refractivity contribution in [2.24, 2.45) is 7.05 Å². The maximum Gasteiger partial charge on any atom is 0.345 e. The molecule has 122 valence electrons. The minimum atomic E-state index is -0.485. The number of aryl methyl sites for hydroxylation is 3.